The molecule has 134 valence electrons. The Morgan fingerprint density at radius 1 is 1.23 bits per heavy atom. The number of para-hydroxylation sites is 1. The fourth-order valence-electron chi connectivity index (χ4n) is 2.35. The summed E-state index contributed by atoms with van der Waals surface area (Å²) in [6.07, 6.45) is 0. The van der Waals surface area contributed by atoms with Crippen molar-refractivity contribution in [1.82, 2.24) is 4.98 Å². The van der Waals surface area contributed by atoms with E-state index in [4.69, 9.17) is 21.1 Å². The van der Waals surface area contributed by atoms with Crippen LogP contribution in [0.5, 0.6) is 11.5 Å². The van der Waals surface area contributed by atoms with Crippen LogP contribution in [-0.2, 0) is 6.61 Å². The van der Waals surface area contributed by atoms with Gasteiger partial charge in [0.1, 0.15) is 18.1 Å². The molecule has 7 heteroatoms. The van der Waals surface area contributed by atoms with Crippen LogP contribution in [0, 0.1) is 6.92 Å². The van der Waals surface area contributed by atoms with Crippen LogP contribution >= 0.6 is 22.9 Å². The summed E-state index contributed by atoms with van der Waals surface area (Å²) in [5.74, 6) is 0.763. The third-order valence-corrected chi connectivity index (χ3v) is 4.70. The third kappa shape index (κ3) is 4.33. The molecular weight excluding hydrogens is 372 g/mol. The van der Waals surface area contributed by atoms with Crippen molar-refractivity contribution in [3.63, 3.8) is 0 Å². The first-order valence-electron chi connectivity index (χ1n) is 7.84. The first-order chi connectivity index (χ1) is 12.6. The van der Waals surface area contributed by atoms with Gasteiger partial charge >= 0.3 is 0 Å². The molecule has 26 heavy (non-hydrogen) atoms. The molecule has 0 unspecified atom stereocenters. The highest BCUT2D eigenvalue weighted by molar-refractivity contribution is 7.09. The number of nitrogens with one attached hydrogen (secondary N) is 1. The maximum atomic E-state index is 12.6. The van der Waals surface area contributed by atoms with Crippen molar-refractivity contribution in [2.75, 3.05) is 12.4 Å². The lowest BCUT2D eigenvalue weighted by Crippen LogP contribution is -2.13. The number of amides is 1. The topological polar surface area (TPSA) is 60.5 Å². The van der Waals surface area contributed by atoms with E-state index in [9.17, 15) is 4.79 Å². The number of anilines is 1. The summed E-state index contributed by atoms with van der Waals surface area (Å²) >= 11 is 7.67. The number of aromatic nitrogens is 1. The minimum atomic E-state index is -0.281. The van der Waals surface area contributed by atoms with Crippen molar-refractivity contribution < 1.29 is 14.3 Å². The van der Waals surface area contributed by atoms with Gasteiger partial charge in [0.2, 0.25) is 0 Å². The molecule has 1 amide bonds. The number of benzene rings is 2. The summed E-state index contributed by atoms with van der Waals surface area (Å²) in [6.45, 7) is 2.25. The van der Waals surface area contributed by atoms with Crippen molar-refractivity contribution in [2.45, 2.75) is 13.5 Å². The predicted octanol–water partition coefficient (Wildman–Crippen LogP) is 4.94. The largest absolute Gasteiger partial charge is 0.495 e. The Morgan fingerprint density at radius 3 is 2.73 bits per heavy atom. The predicted molar refractivity (Wildman–Crippen MR) is 104 cm³/mol. The zero-order chi connectivity index (χ0) is 18.5. The molecule has 3 rings (SSSR count). The van der Waals surface area contributed by atoms with Gasteiger partial charge in [-0.15, -0.1) is 11.3 Å². The molecule has 0 spiro atoms. The van der Waals surface area contributed by atoms with Gasteiger partial charge in [-0.25, -0.2) is 4.98 Å². The number of hydrogen-bond donors (Lipinski definition) is 1. The fraction of sp³-hybridized carbons (Fsp3) is 0.158. The minimum Gasteiger partial charge on any atom is -0.495 e. The van der Waals surface area contributed by atoms with Crippen molar-refractivity contribution in [1.29, 1.82) is 0 Å². The van der Waals surface area contributed by atoms with Gasteiger partial charge in [-0.3, -0.25) is 4.79 Å². The van der Waals surface area contributed by atoms with Crippen molar-refractivity contribution in [3.8, 4) is 11.5 Å². The molecule has 0 radical (unpaired) electrons. The molecule has 0 saturated carbocycles. The number of carbonyl (C=O) groups excluding carboxylic acids is 1. The van der Waals surface area contributed by atoms with Crippen LogP contribution < -0.4 is 14.8 Å². The summed E-state index contributed by atoms with van der Waals surface area (Å²) in [5.41, 5.74) is 1.85. The van der Waals surface area contributed by atoms with Crippen LogP contribution in [0.1, 0.15) is 21.1 Å². The maximum absolute atomic E-state index is 12.6. The van der Waals surface area contributed by atoms with E-state index in [1.165, 1.54) is 7.11 Å². The van der Waals surface area contributed by atoms with Gasteiger partial charge in [0, 0.05) is 11.1 Å². The van der Waals surface area contributed by atoms with Gasteiger partial charge in [0.25, 0.3) is 5.91 Å². The number of hydrogen-bond acceptors (Lipinski definition) is 5. The number of rotatable bonds is 6. The van der Waals surface area contributed by atoms with E-state index >= 15 is 0 Å². The summed E-state index contributed by atoms with van der Waals surface area (Å²) in [4.78, 5) is 17.0. The number of halogens is 1. The lowest BCUT2D eigenvalue weighted by molar-refractivity contribution is 0.102. The van der Waals surface area contributed by atoms with Gasteiger partial charge in [-0.2, -0.15) is 0 Å². The first kappa shape index (κ1) is 18.2. The monoisotopic (exact) mass is 388 g/mol. The minimum absolute atomic E-state index is 0.281. The SMILES string of the molecule is COc1ccc(NC(=O)c2ccccc2OCc2csc(C)n2)cc1Cl. The second kappa shape index (κ2) is 8.21. The summed E-state index contributed by atoms with van der Waals surface area (Å²) in [7, 11) is 1.54. The molecule has 0 aliphatic carbocycles. The molecule has 3 aromatic rings. The van der Waals surface area contributed by atoms with E-state index < -0.39 is 0 Å². The van der Waals surface area contributed by atoms with Crippen LogP contribution in [-0.4, -0.2) is 18.0 Å². The molecular formula is C19H17ClN2O3S. The van der Waals surface area contributed by atoms with E-state index in [-0.39, 0.29) is 5.91 Å². The molecule has 1 N–H and O–H groups in total. The van der Waals surface area contributed by atoms with E-state index in [0.717, 1.165) is 10.7 Å². The highest BCUT2D eigenvalue weighted by Gasteiger charge is 2.14. The van der Waals surface area contributed by atoms with Gasteiger partial charge in [-0.1, -0.05) is 23.7 Å². The van der Waals surface area contributed by atoms with Crippen molar-refractivity contribution in [2.24, 2.45) is 0 Å². The Balaban J connectivity index is 1.74. The summed E-state index contributed by atoms with van der Waals surface area (Å²) in [5, 5.41) is 6.16. The molecule has 0 aliphatic heterocycles. The van der Waals surface area contributed by atoms with Crippen LogP contribution in [0.3, 0.4) is 0 Å². The fourth-order valence-corrected chi connectivity index (χ4v) is 3.20. The van der Waals surface area contributed by atoms with Crippen LogP contribution in [0.2, 0.25) is 5.02 Å². The zero-order valence-corrected chi connectivity index (χ0v) is 15.9. The lowest BCUT2D eigenvalue weighted by atomic mass is 10.2. The highest BCUT2D eigenvalue weighted by Crippen LogP contribution is 2.28. The van der Waals surface area contributed by atoms with Crippen molar-refractivity contribution in [3.05, 3.63) is 69.1 Å². The molecule has 2 aromatic carbocycles. The quantitative estimate of drug-likeness (QED) is 0.649. The lowest BCUT2D eigenvalue weighted by Gasteiger charge is -2.12. The Labute approximate surface area is 160 Å². The molecule has 0 fully saturated rings. The highest BCUT2D eigenvalue weighted by atomic mass is 35.5. The van der Waals surface area contributed by atoms with Gasteiger partial charge in [0.05, 0.1) is 28.4 Å². The summed E-state index contributed by atoms with van der Waals surface area (Å²) in [6, 6.07) is 12.1. The number of thiazole rings is 1. The average molecular weight is 389 g/mol. The van der Waals surface area contributed by atoms with Gasteiger partial charge in [0.15, 0.2) is 0 Å². The molecule has 1 heterocycles. The summed E-state index contributed by atoms with van der Waals surface area (Å²) < 4.78 is 10.9. The van der Waals surface area contributed by atoms with Crippen LogP contribution in [0.4, 0.5) is 5.69 Å². The van der Waals surface area contributed by atoms with Crippen molar-refractivity contribution >= 4 is 34.5 Å². The number of aryl methyl sites for hydroxylation is 1. The number of carbonyl (C=O) groups is 1. The van der Waals surface area contributed by atoms with E-state index in [1.54, 1.807) is 47.7 Å². The Kier molecular flexibility index (Phi) is 5.75. The Morgan fingerprint density at radius 2 is 2.04 bits per heavy atom. The van der Waals surface area contributed by atoms with Gasteiger partial charge < -0.3 is 14.8 Å². The molecule has 0 saturated heterocycles. The normalized spacial score (nSPS) is 10.4. The van der Waals surface area contributed by atoms with Crippen LogP contribution in [0.25, 0.3) is 0 Å². The number of ether oxygens (including phenoxy) is 2. The van der Waals surface area contributed by atoms with E-state index in [2.05, 4.69) is 10.3 Å². The first-order valence-corrected chi connectivity index (χ1v) is 9.10. The molecule has 0 bridgehead atoms. The second-order valence-corrected chi connectivity index (χ2v) is 6.92. The van der Waals surface area contributed by atoms with Gasteiger partial charge in [-0.05, 0) is 37.3 Å². The molecule has 0 atom stereocenters. The average Bonchev–Trinajstić information content (AvgIpc) is 3.05. The third-order valence-electron chi connectivity index (χ3n) is 3.58. The number of nitrogens with zero attached hydrogens (tertiary/aromatic N) is 1. The molecule has 0 aliphatic rings. The Hall–Kier alpha value is -2.57. The van der Waals surface area contributed by atoms with E-state index in [0.29, 0.717) is 34.4 Å². The maximum Gasteiger partial charge on any atom is 0.259 e. The van der Waals surface area contributed by atoms with Crippen LogP contribution in [0.15, 0.2) is 47.8 Å². The molecule has 5 nitrogen and oxygen atoms in total. The Bertz CT molecular complexity index is 927. The number of methoxy groups -OCH3 is 1. The second-order valence-electron chi connectivity index (χ2n) is 5.45. The standard InChI is InChI=1S/C19H17ClN2O3S/c1-12-21-14(11-26-12)10-25-17-6-4-3-5-15(17)19(23)22-13-7-8-18(24-2)16(20)9-13/h3-9,11H,10H2,1-2H3,(H,22,23). The zero-order valence-electron chi connectivity index (χ0n) is 14.3. The smallest absolute Gasteiger partial charge is 0.259 e. The molecule has 1 aromatic heterocycles. The van der Waals surface area contributed by atoms with E-state index in [1.807, 2.05) is 18.4 Å².